The Morgan fingerprint density at radius 2 is 1.93 bits per heavy atom. The number of primary amides is 1. The highest BCUT2D eigenvalue weighted by molar-refractivity contribution is 7.99. The summed E-state index contributed by atoms with van der Waals surface area (Å²) in [5.41, 5.74) is 4.80. The molecule has 0 aliphatic rings. The Kier molecular flexibility index (Phi) is 7.27. The van der Waals surface area contributed by atoms with Gasteiger partial charge < -0.3 is 15.4 Å². The third-order valence-electron chi connectivity index (χ3n) is 3.67. The van der Waals surface area contributed by atoms with Crippen molar-refractivity contribution < 1.29 is 27.5 Å². The normalized spacial score (nSPS) is 11.1. The first-order valence-electron chi connectivity index (χ1n) is 8.10. The number of carbonyl (C=O) groups excluding carboxylic acids is 2. The second-order valence-electron chi connectivity index (χ2n) is 5.61. The van der Waals surface area contributed by atoms with Crippen molar-refractivity contribution in [3.8, 4) is 5.75 Å². The third-order valence-corrected chi connectivity index (χ3v) is 4.59. The molecule has 1 heterocycles. The number of pyridine rings is 1. The molecule has 6 nitrogen and oxygen atoms in total. The second-order valence-corrected chi connectivity index (χ2v) is 6.60. The Balaban J connectivity index is 2.13. The van der Waals surface area contributed by atoms with Gasteiger partial charge in [0.05, 0.1) is 29.1 Å². The van der Waals surface area contributed by atoms with Crippen LogP contribution in [0.4, 0.5) is 18.9 Å². The number of para-hydroxylation sites is 2. The summed E-state index contributed by atoms with van der Waals surface area (Å²) in [4.78, 5) is 29.0. The van der Waals surface area contributed by atoms with Crippen LogP contribution < -0.4 is 15.4 Å². The van der Waals surface area contributed by atoms with Crippen molar-refractivity contribution in [2.45, 2.75) is 17.6 Å². The first-order chi connectivity index (χ1) is 13.2. The predicted octanol–water partition coefficient (Wildman–Crippen LogP) is 3.11. The molecule has 28 heavy (non-hydrogen) atoms. The number of anilines is 1. The molecule has 0 atom stereocenters. The summed E-state index contributed by atoms with van der Waals surface area (Å²) in [7, 11) is 1.45. The van der Waals surface area contributed by atoms with E-state index in [1.54, 1.807) is 24.3 Å². The van der Waals surface area contributed by atoms with Crippen molar-refractivity contribution in [1.29, 1.82) is 0 Å². The fourth-order valence-electron chi connectivity index (χ4n) is 2.30. The maximum absolute atomic E-state index is 12.7. The number of carbonyl (C=O) groups is 2. The molecule has 0 saturated carbocycles. The van der Waals surface area contributed by atoms with E-state index in [4.69, 9.17) is 10.5 Å². The molecular weight excluding hydrogens is 395 g/mol. The Hall–Kier alpha value is -2.75. The van der Waals surface area contributed by atoms with Crippen molar-refractivity contribution in [2.24, 2.45) is 5.73 Å². The maximum Gasteiger partial charge on any atom is 0.417 e. The summed E-state index contributed by atoms with van der Waals surface area (Å²) in [5.74, 6) is -0.574. The molecule has 0 unspecified atom stereocenters. The molecule has 0 saturated heterocycles. The summed E-state index contributed by atoms with van der Waals surface area (Å²) >= 11 is 0.992. The molecular formula is C18H18F3N3O3S. The van der Waals surface area contributed by atoms with E-state index in [2.05, 4.69) is 4.98 Å². The summed E-state index contributed by atoms with van der Waals surface area (Å²) in [6, 6.07) is 8.90. The molecule has 0 fully saturated rings. The van der Waals surface area contributed by atoms with E-state index in [0.29, 0.717) is 11.4 Å². The van der Waals surface area contributed by atoms with Crippen molar-refractivity contribution in [3.63, 3.8) is 0 Å². The lowest BCUT2D eigenvalue weighted by Crippen LogP contribution is -2.35. The second kappa shape index (κ2) is 9.45. The van der Waals surface area contributed by atoms with E-state index >= 15 is 0 Å². The number of ether oxygens (including phenoxy) is 1. The monoisotopic (exact) mass is 413 g/mol. The van der Waals surface area contributed by atoms with Crippen LogP contribution in [0.1, 0.15) is 12.0 Å². The van der Waals surface area contributed by atoms with Gasteiger partial charge in [0.25, 0.3) is 0 Å². The fourth-order valence-corrected chi connectivity index (χ4v) is 3.02. The quantitative estimate of drug-likeness (QED) is 0.672. The number of amides is 2. The number of nitrogens with zero attached hydrogens (tertiary/aromatic N) is 2. The first kappa shape index (κ1) is 21.5. The summed E-state index contributed by atoms with van der Waals surface area (Å²) < 4.78 is 43.0. The minimum atomic E-state index is -4.47. The van der Waals surface area contributed by atoms with E-state index in [1.807, 2.05) is 0 Å². The molecule has 0 spiro atoms. The van der Waals surface area contributed by atoms with Gasteiger partial charge in [0, 0.05) is 19.2 Å². The average Bonchev–Trinajstić information content (AvgIpc) is 2.66. The van der Waals surface area contributed by atoms with Gasteiger partial charge in [-0.3, -0.25) is 9.59 Å². The van der Waals surface area contributed by atoms with Crippen molar-refractivity contribution in [1.82, 2.24) is 4.98 Å². The Labute approximate surface area is 163 Å². The Morgan fingerprint density at radius 1 is 1.21 bits per heavy atom. The summed E-state index contributed by atoms with van der Waals surface area (Å²) in [5, 5.41) is 0.274. The van der Waals surface area contributed by atoms with Gasteiger partial charge in [-0.25, -0.2) is 4.98 Å². The lowest BCUT2D eigenvalue weighted by atomic mass is 10.2. The van der Waals surface area contributed by atoms with Crippen LogP contribution in [0.5, 0.6) is 5.75 Å². The number of aromatic nitrogens is 1. The molecule has 2 amide bonds. The Morgan fingerprint density at radius 3 is 2.50 bits per heavy atom. The number of rotatable bonds is 8. The minimum Gasteiger partial charge on any atom is -0.495 e. The number of halogens is 3. The van der Waals surface area contributed by atoms with Crippen LogP contribution in [0.15, 0.2) is 47.6 Å². The molecule has 2 N–H and O–H groups in total. The summed E-state index contributed by atoms with van der Waals surface area (Å²) in [6.45, 7) is 0.0511. The zero-order valence-corrected chi connectivity index (χ0v) is 15.7. The van der Waals surface area contributed by atoms with Crippen LogP contribution in [0.25, 0.3) is 0 Å². The van der Waals surface area contributed by atoms with Gasteiger partial charge in [-0.1, -0.05) is 23.9 Å². The molecule has 2 rings (SSSR count). The van der Waals surface area contributed by atoms with Crippen LogP contribution in [0.3, 0.4) is 0 Å². The lowest BCUT2D eigenvalue weighted by molar-refractivity contribution is -0.138. The fraction of sp³-hybridized carbons (Fsp3) is 0.278. The van der Waals surface area contributed by atoms with Crippen LogP contribution in [0, 0.1) is 0 Å². The lowest BCUT2D eigenvalue weighted by Gasteiger charge is -2.24. The number of benzene rings is 1. The highest BCUT2D eigenvalue weighted by Crippen LogP contribution is 2.31. The van der Waals surface area contributed by atoms with Crippen LogP contribution in [-0.2, 0) is 15.8 Å². The van der Waals surface area contributed by atoms with E-state index in [1.165, 1.54) is 18.1 Å². The SMILES string of the molecule is COc1ccccc1N(CCC(N)=O)C(=O)CSc1ccc(C(F)(F)F)cn1. The summed E-state index contributed by atoms with van der Waals surface area (Å²) in [6.07, 6.45) is -3.80. The van der Waals surface area contributed by atoms with E-state index in [-0.39, 0.29) is 29.7 Å². The zero-order valence-electron chi connectivity index (χ0n) is 14.9. The van der Waals surface area contributed by atoms with Gasteiger partial charge in [0.2, 0.25) is 11.8 Å². The van der Waals surface area contributed by atoms with Gasteiger partial charge in [0.1, 0.15) is 5.75 Å². The standard InChI is InChI=1S/C18H18F3N3O3S/c1-27-14-5-3-2-4-13(14)24(9-8-15(22)25)17(26)11-28-16-7-6-12(10-23-16)18(19,20)21/h2-7,10H,8-9,11H2,1H3,(H2,22,25). The van der Waals surface area contributed by atoms with E-state index in [0.717, 1.165) is 24.0 Å². The minimum absolute atomic E-state index is 0.0486. The number of methoxy groups -OCH3 is 1. The number of thioether (sulfide) groups is 1. The van der Waals surface area contributed by atoms with Gasteiger partial charge in [0.15, 0.2) is 0 Å². The third kappa shape index (κ3) is 5.88. The largest absolute Gasteiger partial charge is 0.495 e. The molecule has 2 aromatic rings. The number of alkyl halides is 3. The number of hydrogen-bond donors (Lipinski definition) is 1. The topological polar surface area (TPSA) is 85.5 Å². The molecule has 10 heteroatoms. The van der Waals surface area contributed by atoms with Crippen molar-refractivity contribution >= 4 is 29.3 Å². The average molecular weight is 413 g/mol. The molecule has 150 valence electrons. The predicted molar refractivity (Wildman–Crippen MR) is 99.1 cm³/mol. The van der Waals surface area contributed by atoms with Crippen molar-refractivity contribution in [2.75, 3.05) is 24.3 Å². The van der Waals surface area contributed by atoms with Gasteiger partial charge in [-0.05, 0) is 24.3 Å². The molecule has 0 aliphatic carbocycles. The zero-order chi connectivity index (χ0) is 20.7. The Bertz CT molecular complexity index is 829. The smallest absolute Gasteiger partial charge is 0.417 e. The van der Waals surface area contributed by atoms with Gasteiger partial charge in [-0.2, -0.15) is 13.2 Å². The van der Waals surface area contributed by atoms with Crippen LogP contribution in [-0.4, -0.2) is 36.2 Å². The molecule has 1 aromatic heterocycles. The van der Waals surface area contributed by atoms with E-state index in [9.17, 15) is 22.8 Å². The highest BCUT2D eigenvalue weighted by Gasteiger charge is 2.30. The first-order valence-corrected chi connectivity index (χ1v) is 9.08. The van der Waals surface area contributed by atoms with Crippen LogP contribution in [0.2, 0.25) is 0 Å². The molecule has 0 bridgehead atoms. The number of hydrogen-bond acceptors (Lipinski definition) is 5. The maximum atomic E-state index is 12.7. The van der Waals surface area contributed by atoms with E-state index < -0.39 is 17.6 Å². The highest BCUT2D eigenvalue weighted by atomic mass is 32.2. The van der Waals surface area contributed by atoms with Crippen molar-refractivity contribution in [3.05, 3.63) is 48.2 Å². The molecule has 0 aliphatic heterocycles. The van der Waals surface area contributed by atoms with Crippen LogP contribution >= 0.6 is 11.8 Å². The molecule has 1 aromatic carbocycles. The number of nitrogens with two attached hydrogens (primary N) is 1. The molecule has 0 radical (unpaired) electrons. The van der Waals surface area contributed by atoms with Gasteiger partial charge >= 0.3 is 6.18 Å². The van der Waals surface area contributed by atoms with Gasteiger partial charge in [-0.15, -0.1) is 0 Å².